The fourth-order valence-corrected chi connectivity index (χ4v) is 3.27. The number of aromatic nitrogens is 3. The van der Waals surface area contributed by atoms with Crippen LogP contribution in [0.4, 0.5) is 5.82 Å². The van der Waals surface area contributed by atoms with Gasteiger partial charge < -0.3 is 10.3 Å². The molecule has 0 unspecified atom stereocenters. The van der Waals surface area contributed by atoms with Gasteiger partial charge in [0.25, 0.3) is 0 Å². The zero-order valence-electron chi connectivity index (χ0n) is 11.6. The summed E-state index contributed by atoms with van der Waals surface area (Å²) in [5.41, 5.74) is 8.06. The van der Waals surface area contributed by atoms with Crippen molar-refractivity contribution in [1.82, 2.24) is 14.5 Å². The van der Waals surface area contributed by atoms with Crippen molar-refractivity contribution >= 4 is 5.82 Å². The maximum atomic E-state index is 5.79. The SMILES string of the molecule is Nc1cc(-c2cncn2CC(C2CC2)C2CC2)ccn1. The van der Waals surface area contributed by atoms with Crippen molar-refractivity contribution in [3.63, 3.8) is 0 Å². The van der Waals surface area contributed by atoms with E-state index in [0.717, 1.165) is 35.6 Å². The topological polar surface area (TPSA) is 56.7 Å². The van der Waals surface area contributed by atoms with Crippen molar-refractivity contribution in [1.29, 1.82) is 0 Å². The Morgan fingerprint density at radius 3 is 2.65 bits per heavy atom. The largest absolute Gasteiger partial charge is 0.384 e. The summed E-state index contributed by atoms with van der Waals surface area (Å²) in [6.07, 6.45) is 11.4. The molecule has 2 aromatic heterocycles. The smallest absolute Gasteiger partial charge is 0.123 e. The lowest BCUT2D eigenvalue weighted by Crippen LogP contribution is -2.15. The van der Waals surface area contributed by atoms with E-state index in [-0.39, 0.29) is 0 Å². The first-order valence-corrected chi connectivity index (χ1v) is 7.53. The third-order valence-corrected chi connectivity index (χ3v) is 4.65. The Labute approximate surface area is 119 Å². The molecule has 4 heteroatoms. The zero-order chi connectivity index (χ0) is 13.5. The molecule has 0 saturated heterocycles. The lowest BCUT2D eigenvalue weighted by molar-refractivity contribution is 0.350. The van der Waals surface area contributed by atoms with Gasteiger partial charge in [0, 0.05) is 18.3 Å². The number of imidazole rings is 1. The van der Waals surface area contributed by atoms with Gasteiger partial charge >= 0.3 is 0 Å². The Bertz CT molecular complexity index is 598. The first kappa shape index (κ1) is 11.9. The third-order valence-electron chi connectivity index (χ3n) is 4.65. The van der Waals surface area contributed by atoms with Crippen molar-refractivity contribution in [2.45, 2.75) is 32.2 Å². The number of hydrogen-bond acceptors (Lipinski definition) is 3. The summed E-state index contributed by atoms with van der Waals surface area (Å²) in [5, 5.41) is 0. The Morgan fingerprint density at radius 1 is 1.25 bits per heavy atom. The van der Waals surface area contributed by atoms with E-state index in [2.05, 4.69) is 14.5 Å². The lowest BCUT2D eigenvalue weighted by atomic mass is 9.97. The fraction of sp³-hybridized carbons (Fsp3) is 0.500. The second-order valence-corrected chi connectivity index (χ2v) is 6.24. The van der Waals surface area contributed by atoms with Gasteiger partial charge in [0.15, 0.2) is 0 Å². The number of rotatable bonds is 5. The molecule has 2 aromatic rings. The van der Waals surface area contributed by atoms with Gasteiger partial charge in [-0.2, -0.15) is 0 Å². The molecule has 20 heavy (non-hydrogen) atoms. The Balaban J connectivity index is 1.61. The van der Waals surface area contributed by atoms with E-state index in [1.165, 1.54) is 25.7 Å². The average Bonchev–Trinajstić information content (AvgIpc) is 3.36. The summed E-state index contributed by atoms with van der Waals surface area (Å²) in [4.78, 5) is 8.41. The molecule has 2 saturated carbocycles. The molecule has 0 aliphatic heterocycles. The van der Waals surface area contributed by atoms with Crippen molar-refractivity contribution in [2.75, 3.05) is 5.73 Å². The standard InChI is InChI=1S/C16H20N4/c17-16-7-13(5-6-19-16)15-8-18-10-20(15)9-14(11-1-2-11)12-3-4-12/h5-8,10-12,14H,1-4,9H2,(H2,17,19). The van der Waals surface area contributed by atoms with Crippen LogP contribution in [0.3, 0.4) is 0 Å². The molecular formula is C16H20N4. The van der Waals surface area contributed by atoms with E-state index in [1.54, 1.807) is 6.20 Å². The predicted octanol–water partition coefficient (Wildman–Crippen LogP) is 2.96. The summed E-state index contributed by atoms with van der Waals surface area (Å²) in [6, 6.07) is 3.93. The predicted molar refractivity (Wildman–Crippen MR) is 78.8 cm³/mol. The van der Waals surface area contributed by atoms with Crippen molar-refractivity contribution in [2.24, 2.45) is 17.8 Å². The fourth-order valence-electron chi connectivity index (χ4n) is 3.27. The van der Waals surface area contributed by atoms with Crippen LogP contribution in [0.15, 0.2) is 30.9 Å². The van der Waals surface area contributed by atoms with Crippen LogP contribution in [0.5, 0.6) is 0 Å². The second-order valence-electron chi connectivity index (χ2n) is 6.24. The zero-order valence-corrected chi connectivity index (χ0v) is 11.6. The summed E-state index contributed by atoms with van der Waals surface area (Å²) in [7, 11) is 0. The second kappa shape index (κ2) is 4.62. The minimum absolute atomic E-state index is 0.566. The quantitative estimate of drug-likeness (QED) is 0.907. The first-order valence-electron chi connectivity index (χ1n) is 7.53. The molecule has 2 N–H and O–H groups in total. The third kappa shape index (κ3) is 2.30. The number of pyridine rings is 1. The van der Waals surface area contributed by atoms with Crippen LogP contribution in [0.2, 0.25) is 0 Å². The average molecular weight is 268 g/mol. The van der Waals surface area contributed by atoms with Gasteiger partial charge in [0.05, 0.1) is 18.2 Å². The number of nitrogens with zero attached hydrogens (tertiary/aromatic N) is 3. The van der Waals surface area contributed by atoms with Gasteiger partial charge in [0.1, 0.15) is 5.82 Å². The minimum atomic E-state index is 0.566. The van der Waals surface area contributed by atoms with Gasteiger partial charge in [-0.1, -0.05) is 0 Å². The molecule has 4 rings (SSSR count). The molecule has 2 aliphatic rings. The molecule has 4 nitrogen and oxygen atoms in total. The highest BCUT2D eigenvalue weighted by Gasteiger charge is 2.41. The number of hydrogen-bond donors (Lipinski definition) is 1. The van der Waals surface area contributed by atoms with Gasteiger partial charge in [0.2, 0.25) is 0 Å². The van der Waals surface area contributed by atoms with E-state index in [4.69, 9.17) is 5.73 Å². The van der Waals surface area contributed by atoms with Gasteiger partial charge in [-0.3, -0.25) is 0 Å². The van der Waals surface area contributed by atoms with Crippen LogP contribution in [0.1, 0.15) is 25.7 Å². The molecule has 2 heterocycles. The van der Waals surface area contributed by atoms with Crippen molar-refractivity contribution < 1.29 is 0 Å². The van der Waals surface area contributed by atoms with Crippen molar-refractivity contribution in [3.8, 4) is 11.3 Å². The van der Waals surface area contributed by atoms with E-state index >= 15 is 0 Å². The summed E-state index contributed by atoms with van der Waals surface area (Å²) >= 11 is 0. The molecule has 2 fully saturated rings. The summed E-state index contributed by atoms with van der Waals surface area (Å²) in [5.74, 6) is 3.33. The Hall–Kier alpha value is -1.84. The lowest BCUT2D eigenvalue weighted by Gasteiger charge is -2.18. The van der Waals surface area contributed by atoms with Crippen LogP contribution in [0.25, 0.3) is 11.3 Å². The molecule has 0 atom stereocenters. The molecular weight excluding hydrogens is 248 g/mol. The number of anilines is 1. The Morgan fingerprint density at radius 2 is 2.00 bits per heavy atom. The van der Waals surface area contributed by atoms with Crippen LogP contribution in [-0.2, 0) is 6.54 Å². The summed E-state index contributed by atoms with van der Waals surface area (Å²) in [6.45, 7) is 1.10. The van der Waals surface area contributed by atoms with Crippen molar-refractivity contribution in [3.05, 3.63) is 30.9 Å². The highest BCUT2D eigenvalue weighted by molar-refractivity contribution is 5.61. The number of nitrogens with two attached hydrogens (primary N) is 1. The molecule has 0 bridgehead atoms. The highest BCUT2D eigenvalue weighted by Crippen LogP contribution is 2.50. The normalized spacial score (nSPS) is 18.6. The minimum Gasteiger partial charge on any atom is -0.384 e. The molecule has 0 radical (unpaired) electrons. The van der Waals surface area contributed by atoms with Crippen LogP contribution >= 0.6 is 0 Å². The summed E-state index contributed by atoms with van der Waals surface area (Å²) < 4.78 is 2.30. The molecule has 0 aromatic carbocycles. The van der Waals surface area contributed by atoms with Gasteiger partial charge in [-0.05, 0) is 55.6 Å². The Kier molecular flexibility index (Phi) is 2.76. The maximum absolute atomic E-state index is 5.79. The molecule has 0 spiro atoms. The maximum Gasteiger partial charge on any atom is 0.123 e. The van der Waals surface area contributed by atoms with E-state index in [0.29, 0.717) is 5.82 Å². The van der Waals surface area contributed by atoms with E-state index < -0.39 is 0 Å². The van der Waals surface area contributed by atoms with E-state index in [9.17, 15) is 0 Å². The van der Waals surface area contributed by atoms with Crippen LogP contribution in [-0.4, -0.2) is 14.5 Å². The van der Waals surface area contributed by atoms with E-state index in [1.807, 2.05) is 24.7 Å². The van der Waals surface area contributed by atoms with Crippen LogP contribution < -0.4 is 5.73 Å². The van der Waals surface area contributed by atoms with Crippen LogP contribution in [0, 0.1) is 17.8 Å². The highest BCUT2D eigenvalue weighted by atomic mass is 15.1. The first-order chi connectivity index (χ1) is 9.81. The molecule has 104 valence electrons. The van der Waals surface area contributed by atoms with Gasteiger partial charge in [-0.25, -0.2) is 9.97 Å². The molecule has 2 aliphatic carbocycles. The van der Waals surface area contributed by atoms with Gasteiger partial charge in [-0.15, -0.1) is 0 Å². The molecule has 0 amide bonds. The monoisotopic (exact) mass is 268 g/mol. The number of nitrogen functional groups attached to an aromatic ring is 1.